The quantitative estimate of drug-likeness (QED) is 0.213. The van der Waals surface area contributed by atoms with Crippen LogP contribution in [0.3, 0.4) is 0 Å². The van der Waals surface area contributed by atoms with Gasteiger partial charge in [0.05, 0.1) is 17.2 Å². The molecule has 2 fully saturated rings. The van der Waals surface area contributed by atoms with Crippen molar-refractivity contribution in [3.8, 4) is 5.75 Å². The van der Waals surface area contributed by atoms with Crippen LogP contribution in [0.25, 0.3) is 0 Å². The van der Waals surface area contributed by atoms with Crippen molar-refractivity contribution in [3.05, 3.63) is 39.9 Å². The van der Waals surface area contributed by atoms with Crippen LogP contribution >= 0.6 is 0 Å². The summed E-state index contributed by atoms with van der Waals surface area (Å²) in [5.74, 6) is -6.68. The molecule has 41 heavy (non-hydrogen) atoms. The number of rotatable bonds is 6. The minimum atomic E-state index is -2.63. The van der Waals surface area contributed by atoms with E-state index >= 15 is 0 Å². The number of aliphatic hydroxyl groups excluding tert-OH is 2. The summed E-state index contributed by atoms with van der Waals surface area (Å²) >= 11 is 0. The molecule has 2 amide bonds. The zero-order chi connectivity index (χ0) is 29.5. The van der Waals surface area contributed by atoms with Crippen LogP contribution in [-0.2, 0) is 20.8 Å². The first-order valence-corrected chi connectivity index (χ1v) is 13.9. The number of nitrogens with zero attached hydrogens (tertiary/aromatic N) is 2. The number of aliphatic hydroxyl groups is 3. The van der Waals surface area contributed by atoms with E-state index in [1.54, 1.807) is 25.1 Å². The number of fused-ring (bicyclic) bond motifs is 3. The molecule has 0 spiro atoms. The van der Waals surface area contributed by atoms with Gasteiger partial charge < -0.3 is 41.3 Å². The molecule has 3 atom stereocenters. The Morgan fingerprint density at radius 3 is 2.44 bits per heavy atom. The molecule has 0 bridgehead atoms. The monoisotopic (exact) mass is 566 g/mol. The number of nitrogens with two attached hydrogens (primary N) is 1. The highest BCUT2D eigenvalue weighted by Crippen LogP contribution is 2.53. The van der Waals surface area contributed by atoms with Crippen LogP contribution in [0, 0.1) is 23.7 Å². The lowest BCUT2D eigenvalue weighted by atomic mass is 9.60. The summed E-state index contributed by atoms with van der Waals surface area (Å²) < 4.78 is 0. The second-order valence-corrected chi connectivity index (χ2v) is 12.3. The number of hydrogen-bond donors (Lipinski definition) is 6. The molecule has 1 heterocycles. The number of carbonyl (C=O) groups is 4. The number of phenols is 1. The smallest absolute Gasteiger partial charge is 0.255 e. The standard InChI is InChI=1S/C29H34N4O8/c1-32(2)18-8-17(31-28(40)14-10-33(11-14)9-12-3-4-12)23(35)21-16(18)6-13-5-15-7-19(34)22(27(30)39)26(38)29(15,41)25(37)20(13)24(21)36/h8,12-15,34-35,37,41H,3-7,9-11H2,1-2H3,(H2,30,39)(H,31,40)/t13-,15+,29+/m1/s1. The van der Waals surface area contributed by atoms with E-state index in [1.165, 1.54) is 12.8 Å². The molecule has 218 valence electrons. The van der Waals surface area contributed by atoms with E-state index in [-0.39, 0.29) is 47.9 Å². The van der Waals surface area contributed by atoms with E-state index in [9.17, 15) is 39.6 Å². The van der Waals surface area contributed by atoms with Crippen LogP contribution in [0.15, 0.2) is 28.7 Å². The van der Waals surface area contributed by atoms with Gasteiger partial charge >= 0.3 is 0 Å². The van der Waals surface area contributed by atoms with E-state index in [0.29, 0.717) is 30.3 Å². The molecule has 12 nitrogen and oxygen atoms in total. The first-order valence-electron chi connectivity index (χ1n) is 13.9. The summed E-state index contributed by atoms with van der Waals surface area (Å²) in [6.07, 6.45) is 2.40. The Hall–Kier alpha value is -3.90. The van der Waals surface area contributed by atoms with E-state index in [1.807, 2.05) is 0 Å². The Labute approximate surface area is 236 Å². The summed E-state index contributed by atoms with van der Waals surface area (Å²) in [6.45, 7) is 2.24. The molecule has 1 aromatic carbocycles. The molecular formula is C29H34N4O8. The second kappa shape index (κ2) is 9.31. The number of aromatic hydroxyl groups is 1. The molecule has 0 aromatic heterocycles. The number of ketones is 2. The summed E-state index contributed by atoms with van der Waals surface area (Å²) in [5.41, 5.74) is 2.58. The molecular weight excluding hydrogens is 532 g/mol. The van der Waals surface area contributed by atoms with Gasteiger partial charge in [-0.3, -0.25) is 19.2 Å². The maximum Gasteiger partial charge on any atom is 0.255 e. The highest BCUT2D eigenvalue weighted by molar-refractivity contribution is 6.24. The molecule has 1 saturated heterocycles. The molecule has 1 saturated carbocycles. The highest BCUT2D eigenvalue weighted by atomic mass is 16.3. The maximum atomic E-state index is 14.0. The van der Waals surface area contributed by atoms with Gasteiger partial charge in [0.25, 0.3) is 5.91 Å². The fourth-order valence-corrected chi connectivity index (χ4v) is 6.95. The van der Waals surface area contributed by atoms with Gasteiger partial charge in [-0.25, -0.2) is 0 Å². The third kappa shape index (κ3) is 4.11. The average Bonchev–Trinajstić information content (AvgIpc) is 3.68. The van der Waals surface area contributed by atoms with Gasteiger partial charge in [-0.1, -0.05) is 0 Å². The first kappa shape index (κ1) is 27.3. The minimum Gasteiger partial charge on any atom is -0.511 e. The Bertz CT molecular complexity index is 1470. The molecule has 5 aliphatic rings. The fourth-order valence-electron chi connectivity index (χ4n) is 6.95. The molecule has 4 aliphatic carbocycles. The zero-order valence-electron chi connectivity index (χ0n) is 22.9. The predicted octanol–water partition coefficient (Wildman–Crippen LogP) is 0.927. The molecule has 1 aliphatic heterocycles. The summed E-state index contributed by atoms with van der Waals surface area (Å²) in [4.78, 5) is 56.0. The van der Waals surface area contributed by atoms with Gasteiger partial charge in [-0.2, -0.15) is 0 Å². The van der Waals surface area contributed by atoms with Crippen LogP contribution in [-0.4, -0.2) is 88.0 Å². The summed E-state index contributed by atoms with van der Waals surface area (Å²) in [7, 11) is 3.53. The van der Waals surface area contributed by atoms with Crippen molar-refractivity contribution in [1.29, 1.82) is 0 Å². The zero-order valence-corrected chi connectivity index (χ0v) is 22.9. The Balaban J connectivity index is 1.36. The number of likely N-dealkylation sites (tertiary alicyclic amines) is 1. The number of anilines is 2. The van der Waals surface area contributed by atoms with Crippen LogP contribution in [0.4, 0.5) is 11.4 Å². The Kier molecular flexibility index (Phi) is 6.20. The van der Waals surface area contributed by atoms with E-state index in [0.717, 1.165) is 6.54 Å². The van der Waals surface area contributed by atoms with E-state index in [2.05, 4.69) is 10.2 Å². The lowest BCUT2D eigenvalue weighted by molar-refractivity contribution is -0.144. The SMILES string of the molecule is CN(C)c1cc(NC(=O)C2CN(CC3CC3)C2)c(O)c2c1C[C@H]1C[C@H]3CC(O)=C(C(N)=O)C(=O)[C@@]3(O)C(O)=C1C2=O. The number of amides is 2. The van der Waals surface area contributed by atoms with Crippen LogP contribution < -0.4 is 16.0 Å². The van der Waals surface area contributed by atoms with Gasteiger partial charge in [-0.15, -0.1) is 0 Å². The van der Waals surface area contributed by atoms with Crippen molar-refractivity contribution < 1.29 is 39.6 Å². The topological polar surface area (TPSA) is 194 Å². The van der Waals surface area contributed by atoms with Crippen molar-refractivity contribution in [2.24, 2.45) is 29.4 Å². The largest absolute Gasteiger partial charge is 0.511 e. The van der Waals surface area contributed by atoms with Crippen LogP contribution in [0.2, 0.25) is 0 Å². The van der Waals surface area contributed by atoms with Crippen molar-refractivity contribution in [2.45, 2.75) is 37.7 Å². The number of allylic oxidation sites excluding steroid dienone is 2. The number of carbonyl (C=O) groups excluding carboxylic acids is 4. The normalized spacial score (nSPS) is 28.1. The van der Waals surface area contributed by atoms with Gasteiger partial charge in [0, 0.05) is 57.3 Å². The van der Waals surface area contributed by atoms with Crippen molar-refractivity contribution in [2.75, 3.05) is 43.9 Å². The predicted molar refractivity (Wildman–Crippen MR) is 146 cm³/mol. The molecule has 7 N–H and O–H groups in total. The number of primary amides is 1. The molecule has 12 heteroatoms. The number of benzene rings is 1. The van der Waals surface area contributed by atoms with Crippen molar-refractivity contribution in [3.63, 3.8) is 0 Å². The van der Waals surface area contributed by atoms with Crippen LogP contribution in [0.1, 0.15) is 41.6 Å². The molecule has 6 rings (SSSR count). The number of phenolic OH excluding ortho intramolecular Hbond substituents is 1. The summed E-state index contributed by atoms with van der Waals surface area (Å²) in [6, 6.07) is 1.62. The van der Waals surface area contributed by atoms with Gasteiger partial charge in [-0.05, 0) is 49.1 Å². The van der Waals surface area contributed by atoms with Gasteiger partial charge in [0.2, 0.25) is 11.7 Å². The number of hydrogen-bond acceptors (Lipinski definition) is 10. The summed E-state index contributed by atoms with van der Waals surface area (Å²) in [5, 5.41) is 47.1. The number of Topliss-reactive ketones (excluding diaryl/α,β-unsaturated/α-hetero) is 2. The maximum absolute atomic E-state index is 14.0. The molecule has 0 radical (unpaired) electrons. The van der Waals surface area contributed by atoms with E-state index in [4.69, 9.17) is 5.73 Å². The third-order valence-electron chi connectivity index (χ3n) is 9.32. The lowest BCUT2D eigenvalue weighted by Gasteiger charge is -2.46. The Morgan fingerprint density at radius 2 is 1.83 bits per heavy atom. The molecule has 0 unspecified atom stereocenters. The second-order valence-electron chi connectivity index (χ2n) is 12.3. The van der Waals surface area contributed by atoms with Crippen LogP contribution in [0.5, 0.6) is 5.75 Å². The fraction of sp³-hybridized carbons (Fsp3) is 0.517. The van der Waals surface area contributed by atoms with Gasteiger partial charge in [0.1, 0.15) is 17.1 Å². The number of nitrogens with one attached hydrogen (secondary N) is 1. The van der Waals surface area contributed by atoms with Gasteiger partial charge in [0.15, 0.2) is 17.1 Å². The first-order chi connectivity index (χ1) is 19.3. The molecule has 1 aromatic rings. The lowest BCUT2D eigenvalue weighted by Crippen LogP contribution is -2.57. The minimum absolute atomic E-state index is 0.0497. The third-order valence-corrected chi connectivity index (χ3v) is 9.32. The highest BCUT2D eigenvalue weighted by Gasteiger charge is 2.59. The van der Waals surface area contributed by atoms with Crippen molar-refractivity contribution in [1.82, 2.24) is 4.90 Å². The van der Waals surface area contributed by atoms with Crippen molar-refractivity contribution >= 4 is 34.8 Å². The average molecular weight is 567 g/mol. The van der Waals surface area contributed by atoms with E-state index < -0.39 is 57.8 Å². The Morgan fingerprint density at radius 1 is 1.15 bits per heavy atom.